The number of anilines is 1. The molecule has 1 aromatic heterocycles. The van der Waals surface area contributed by atoms with E-state index in [4.69, 9.17) is 14.5 Å². The molecule has 138 valence electrons. The fourth-order valence-electron chi connectivity index (χ4n) is 3.73. The summed E-state index contributed by atoms with van der Waals surface area (Å²) in [6, 6.07) is 13.3. The minimum Gasteiger partial charge on any atom is -0.454 e. The summed E-state index contributed by atoms with van der Waals surface area (Å²) in [5.41, 5.74) is 2.71. The third-order valence-electron chi connectivity index (χ3n) is 5.13. The van der Waals surface area contributed by atoms with Gasteiger partial charge >= 0.3 is 6.03 Å². The van der Waals surface area contributed by atoms with Crippen molar-refractivity contribution in [1.82, 2.24) is 14.9 Å². The number of rotatable bonds is 2. The minimum absolute atomic E-state index is 0.102. The number of hydrogen-bond donors (Lipinski definition) is 2. The zero-order chi connectivity index (χ0) is 18.2. The van der Waals surface area contributed by atoms with Gasteiger partial charge in [-0.1, -0.05) is 12.1 Å². The zero-order valence-corrected chi connectivity index (χ0v) is 14.8. The molecule has 7 heteroatoms. The number of nitrogens with one attached hydrogen (secondary N) is 2. The number of carbonyl (C=O) groups is 1. The molecule has 0 bridgehead atoms. The number of aromatic amines is 1. The van der Waals surface area contributed by atoms with E-state index < -0.39 is 0 Å². The lowest BCUT2D eigenvalue weighted by molar-refractivity contribution is 0.174. The number of imidazole rings is 1. The van der Waals surface area contributed by atoms with Gasteiger partial charge in [-0.25, -0.2) is 9.78 Å². The molecular formula is C20H20N4O3. The van der Waals surface area contributed by atoms with Gasteiger partial charge in [0.2, 0.25) is 6.79 Å². The minimum atomic E-state index is -0.102. The third kappa shape index (κ3) is 3.05. The number of aromatic nitrogens is 2. The molecule has 2 amide bonds. The average Bonchev–Trinajstić information content (AvgIpc) is 3.34. The number of fused-ring (bicyclic) bond motifs is 2. The number of piperidine rings is 1. The summed E-state index contributed by atoms with van der Waals surface area (Å²) in [6.07, 6.45) is 1.98. The van der Waals surface area contributed by atoms with Crippen LogP contribution < -0.4 is 14.8 Å². The first-order valence-electron chi connectivity index (χ1n) is 9.16. The molecule has 0 aliphatic carbocycles. The van der Waals surface area contributed by atoms with Crippen LogP contribution in [-0.4, -0.2) is 40.8 Å². The topological polar surface area (TPSA) is 79.5 Å². The molecule has 2 aromatic carbocycles. The van der Waals surface area contributed by atoms with Crippen LogP contribution in [0.5, 0.6) is 11.5 Å². The van der Waals surface area contributed by atoms with Gasteiger partial charge in [0.1, 0.15) is 5.82 Å². The highest BCUT2D eigenvalue weighted by molar-refractivity contribution is 5.90. The van der Waals surface area contributed by atoms with Gasteiger partial charge < -0.3 is 24.7 Å². The molecule has 1 saturated heterocycles. The number of H-pyrrole nitrogens is 1. The molecule has 1 fully saturated rings. The first-order valence-corrected chi connectivity index (χ1v) is 9.16. The largest absolute Gasteiger partial charge is 0.454 e. The maximum Gasteiger partial charge on any atom is 0.321 e. The molecule has 0 spiro atoms. The van der Waals surface area contributed by atoms with E-state index in [9.17, 15) is 4.79 Å². The van der Waals surface area contributed by atoms with Crippen molar-refractivity contribution < 1.29 is 14.3 Å². The Kier molecular flexibility index (Phi) is 3.85. The first kappa shape index (κ1) is 16.0. The van der Waals surface area contributed by atoms with Crippen molar-refractivity contribution in [2.24, 2.45) is 0 Å². The number of hydrogen-bond acceptors (Lipinski definition) is 4. The van der Waals surface area contributed by atoms with Crippen LogP contribution in [0.3, 0.4) is 0 Å². The molecule has 27 heavy (non-hydrogen) atoms. The Balaban J connectivity index is 1.29. The molecule has 0 radical (unpaired) electrons. The lowest BCUT2D eigenvalue weighted by Gasteiger charge is -2.31. The van der Waals surface area contributed by atoms with Crippen LogP contribution in [0.15, 0.2) is 42.5 Å². The Morgan fingerprint density at radius 3 is 3.00 bits per heavy atom. The number of likely N-dealkylation sites (tertiary alicyclic amines) is 1. The Hall–Kier alpha value is -3.22. The van der Waals surface area contributed by atoms with Crippen LogP contribution in [0.2, 0.25) is 0 Å². The smallest absolute Gasteiger partial charge is 0.321 e. The number of amides is 2. The van der Waals surface area contributed by atoms with Crippen LogP contribution in [0.1, 0.15) is 24.6 Å². The summed E-state index contributed by atoms with van der Waals surface area (Å²) in [4.78, 5) is 22.7. The van der Waals surface area contributed by atoms with Crippen LogP contribution in [0.25, 0.3) is 11.0 Å². The van der Waals surface area contributed by atoms with Gasteiger partial charge in [0.15, 0.2) is 11.5 Å². The monoisotopic (exact) mass is 364 g/mol. The predicted molar refractivity (Wildman–Crippen MR) is 101 cm³/mol. The van der Waals surface area contributed by atoms with E-state index in [2.05, 4.69) is 10.3 Å². The Morgan fingerprint density at radius 2 is 2.07 bits per heavy atom. The van der Waals surface area contributed by atoms with Crippen molar-refractivity contribution in [3.63, 3.8) is 0 Å². The second-order valence-corrected chi connectivity index (χ2v) is 6.92. The standard InChI is InChI=1S/C20H20N4O3/c25-20(21-14-7-8-17-18(10-14)27-12-26-17)24-9-3-4-13(11-24)19-22-15-5-1-2-6-16(15)23-19/h1-2,5-8,10,13H,3-4,9,11-12H2,(H,21,25)(H,22,23). The molecule has 5 rings (SSSR count). The lowest BCUT2D eigenvalue weighted by Crippen LogP contribution is -2.41. The molecule has 3 heterocycles. The Bertz CT molecular complexity index is 967. The van der Waals surface area contributed by atoms with E-state index in [0.717, 1.165) is 36.2 Å². The van der Waals surface area contributed by atoms with E-state index in [1.807, 2.05) is 41.3 Å². The van der Waals surface area contributed by atoms with E-state index >= 15 is 0 Å². The second kappa shape index (κ2) is 6.50. The molecule has 1 unspecified atom stereocenters. The molecule has 2 aliphatic rings. The highest BCUT2D eigenvalue weighted by Crippen LogP contribution is 2.34. The molecule has 7 nitrogen and oxygen atoms in total. The van der Waals surface area contributed by atoms with Gasteiger partial charge in [0.25, 0.3) is 0 Å². The molecule has 3 aromatic rings. The normalized spacial score (nSPS) is 18.7. The number of urea groups is 1. The number of nitrogens with zero attached hydrogens (tertiary/aromatic N) is 2. The second-order valence-electron chi connectivity index (χ2n) is 6.92. The molecule has 1 atom stereocenters. The first-order chi connectivity index (χ1) is 13.3. The van der Waals surface area contributed by atoms with E-state index in [0.29, 0.717) is 23.7 Å². The molecule has 2 N–H and O–H groups in total. The number of carbonyl (C=O) groups excluding carboxylic acids is 1. The fraction of sp³-hybridized carbons (Fsp3) is 0.300. The van der Waals surface area contributed by atoms with E-state index in [-0.39, 0.29) is 18.7 Å². The highest BCUT2D eigenvalue weighted by atomic mass is 16.7. The summed E-state index contributed by atoms with van der Waals surface area (Å²) in [5.74, 6) is 2.54. The zero-order valence-electron chi connectivity index (χ0n) is 14.8. The van der Waals surface area contributed by atoms with Crippen LogP contribution >= 0.6 is 0 Å². The SMILES string of the molecule is O=C(Nc1ccc2c(c1)OCO2)N1CCCC(c2nc3ccccc3[nH]2)C1. The molecular weight excluding hydrogens is 344 g/mol. The predicted octanol–water partition coefficient (Wildman–Crippen LogP) is 3.70. The molecule has 0 saturated carbocycles. The maximum atomic E-state index is 12.7. The number of para-hydroxylation sites is 2. The number of benzene rings is 2. The van der Waals surface area contributed by atoms with Crippen molar-refractivity contribution in [3.8, 4) is 11.5 Å². The van der Waals surface area contributed by atoms with Crippen molar-refractivity contribution >= 4 is 22.8 Å². The van der Waals surface area contributed by atoms with Crippen LogP contribution in [-0.2, 0) is 0 Å². The van der Waals surface area contributed by atoms with Crippen LogP contribution in [0, 0.1) is 0 Å². The van der Waals surface area contributed by atoms with Gasteiger partial charge in [-0.05, 0) is 37.1 Å². The lowest BCUT2D eigenvalue weighted by atomic mass is 9.97. The average molecular weight is 364 g/mol. The Morgan fingerprint density at radius 1 is 1.19 bits per heavy atom. The Labute approximate surface area is 156 Å². The fourth-order valence-corrected chi connectivity index (χ4v) is 3.73. The van der Waals surface area contributed by atoms with Crippen LogP contribution in [0.4, 0.5) is 10.5 Å². The van der Waals surface area contributed by atoms with Gasteiger partial charge in [0, 0.05) is 30.8 Å². The summed E-state index contributed by atoms with van der Waals surface area (Å²) in [7, 11) is 0. The van der Waals surface area contributed by atoms with Gasteiger partial charge in [-0.2, -0.15) is 0 Å². The summed E-state index contributed by atoms with van der Waals surface area (Å²) in [5, 5.41) is 2.96. The van der Waals surface area contributed by atoms with Crippen molar-refractivity contribution in [2.75, 3.05) is 25.2 Å². The highest BCUT2D eigenvalue weighted by Gasteiger charge is 2.27. The van der Waals surface area contributed by atoms with Crippen molar-refractivity contribution in [1.29, 1.82) is 0 Å². The maximum absolute atomic E-state index is 12.7. The quantitative estimate of drug-likeness (QED) is 0.727. The van der Waals surface area contributed by atoms with Gasteiger partial charge in [-0.3, -0.25) is 0 Å². The van der Waals surface area contributed by atoms with E-state index in [1.165, 1.54) is 0 Å². The van der Waals surface area contributed by atoms with Crippen molar-refractivity contribution in [2.45, 2.75) is 18.8 Å². The van der Waals surface area contributed by atoms with E-state index in [1.54, 1.807) is 6.07 Å². The van der Waals surface area contributed by atoms with Gasteiger partial charge in [0.05, 0.1) is 11.0 Å². The number of ether oxygens (including phenoxy) is 2. The van der Waals surface area contributed by atoms with Crippen molar-refractivity contribution in [3.05, 3.63) is 48.3 Å². The molecule has 2 aliphatic heterocycles. The third-order valence-corrected chi connectivity index (χ3v) is 5.13. The summed E-state index contributed by atoms with van der Waals surface area (Å²) < 4.78 is 10.7. The summed E-state index contributed by atoms with van der Waals surface area (Å²) >= 11 is 0. The van der Waals surface area contributed by atoms with Gasteiger partial charge in [-0.15, -0.1) is 0 Å². The summed E-state index contributed by atoms with van der Waals surface area (Å²) in [6.45, 7) is 1.61.